The minimum absolute atomic E-state index is 0.0228. The molecule has 0 aliphatic carbocycles. The predicted molar refractivity (Wildman–Crippen MR) is 103 cm³/mol. The number of nitrogens with one attached hydrogen (secondary N) is 2. The van der Waals surface area contributed by atoms with Crippen molar-refractivity contribution in [2.45, 2.75) is 31.9 Å². The highest BCUT2D eigenvalue weighted by molar-refractivity contribution is 5.98. The van der Waals surface area contributed by atoms with E-state index in [1.807, 2.05) is 6.08 Å². The lowest BCUT2D eigenvalue weighted by atomic mass is 10.2. The summed E-state index contributed by atoms with van der Waals surface area (Å²) in [6.07, 6.45) is 6.53. The van der Waals surface area contributed by atoms with Gasteiger partial charge in [-0.1, -0.05) is 0 Å². The molecule has 0 bridgehead atoms. The number of aliphatic imine (C=N–C) groups is 1. The maximum absolute atomic E-state index is 12.9. The molecule has 0 spiro atoms. The maximum Gasteiger partial charge on any atom is 0.254 e. The van der Waals surface area contributed by atoms with Crippen LogP contribution in [0.1, 0.15) is 25.0 Å². The number of amides is 1. The third kappa shape index (κ3) is 5.14. The van der Waals surface area contributed by atoms with Crippen molar-refractivity contribution >= 4 is 11.7 Å². The first-order valence-corrected chi connectivity index (χ1v) is 9.36. The molecule has 1 aromatic rings. The summed E-state index contributed by atoms with van der Waals surface area (Å²) in [5.74, 6) is 0.286. The van der Waals surface area contributed by atoms with E-state index in [9.17, 15) is 14.3 Å². The molecule has 2 aliphatic rings. The summed E-state index contributed by atoms with van der Waals surface area (Å²) in [5, 5.41) is 15.6. The third-order valence-corrected chi connectivity index (χ3v) is 4.63. The van der Waals surface area contributed by atoms with Crippen molar-refractivity contribution < 1.29 is 14.3 Å². The molecule has 1 saturated heterocycles. The van der Waals surface area contributed by atoms with E-state index in [0.29, 0.717) is 17.9 Å². The average Bonchev–Trinajstić information content (AvgIpc) is 3.23. The summed E-state index contributed by atoms with van der Waals surface area (Å²) in [6, 6.07) is 2.85. The molecule has 1 fully saturated rings. The van der Waals surface area contributed by atoms with Crippen LogP contribution in [-0.2, 0) is 11.2 Å². The topological polar surface area (TPSA) is 116 Å². The lowest BCUT2D eigenvalue weighted by Gasteiger charge is -2.22. The minimum atomic E-state index is -1.08. The molecule has 1 unspecified atom stereocenters. The van der Waals surface area contributed by atoms with Gasteiger partial charge in [-0.05, 0) is 43.9 Å². The van der Waals surface area contributed by atoms with Crippen LogP contribution in [0.25, 0.3) is 0 Å². The highest BCUT2D eigenvalue weighted by Crippen LogP contribution is 2.14. The van der Waals surface area contributed by atoms with E-state index < -0.39 is 18.0 Å². The van der Waals surface area contributed by atoms with Crippen LogP contribution in [0.15, 0.2) is 47.0 Å². The van der Waals surface area contributed by atoms with E-state index in [1.165, 1.54) is 6.07 Å². The summed E-state index contributed by atoms with van der Waals surface area (Å²) >= 11 is 0. The number of hydrogen-bond donors (Lipinski definition) is 4. The molecule has 150 valence electrons. The van der Waals surface area contributed by atoms with Crippen molar-refractivity contribution in [2.75, 3.05) is 19.6 Å². The van der Waals surface area contributed by atoms with Gasteiger partial charge >= 0.3 is 0 Å². The lowest BCUT2D eigenvalue weighted by molar-refractivity contribution is -0.120. The molecule has 28 heavy (non-hydrogen) atoms. The number of hydrogen-bond acceptors (Lipinski definition) is 7. The fourth-order valence-corrected chi connectivity index (χ4v) is 3.10. The van der Waals surface area contributed by atoms with Crippen molar-refractivity contribution in [3.8, 4) is 0 Å². The third-order valence-electron chi connectivity index (χ3n) is 4.63. The molecule has 0 radical (unpaired) electrons. The first kappa shape index (κ1) is 20.0. The van der Waals surface area contributed by atoms with Gasteiger partial charge in [0.05, 0.1) is 11.8 Å². The van der Waals surface area contributed by atoms with Gasteiger partial charge in [-0.15, -0.1) is 0 Å². The van der Waals surface area contributed by atoms with Gasteiger partial charge in [0.2, 0.25) is 0 Å². The molecule has 0 aromatic carbocycles. The Labute approximate surface area is 163 Å². The van der Waals surface area contributed by atoms with Crippen molar-refractivity contribution in [2.24, 2.45) is 10.7 Å². The molecule has 3 heterocycles. The second-order valence-electron chi connectivity index (χ2n) is 6.67. The zero-order chi connectivity index (χ0) is 19.9. The number of rotatable bonds is 6. The molecular weight excluding hydrogens is 363 g/mol. The summed E-state index contributed by atoms with van der Waals surface area (Å²) in [4.78, 5) is 23.2. The molecule has 8 nitrogen and oxygen atoms in total. The van der Waals surface area contributed by atoms with E-state index in [0.717, 1.165) is 38.0 Å². The number of nitrogens with two attached hydrogens (primary N) is 1. The van der Waals surface area contributed by atoms with Crippen molar-refractivity contribution in [3.05, 3.63) is 53.5 Å². The SMILES string of the molecule is NC/C(C(=O)NC(O)CCc1ccc(F)cn1)=C1/N=C(N2CCCC2)C=CN1. The molecular formula is C19H25FN6O2. The van der Waals surface area contributed by atoms with Crippen LogP contribution in [0.2, 0.25) is 0 Å². The summed E-state index contributed by atoms with van der Waals surface area (Å²) < 4.78 is 12.9. The number of carbonyl (C=O) groups is 1. The van der Waals surface area contributed by atoms with Crippen LogP contribution in [0.3, 0.4) is 0 Å². The Morgan fingerprint density at radius 1 is 1.39 bits per heavy atom. The van der Waals surface area contributed by atoms with Crippen LogP contribution in [0.4, 0.5) is 4.39 Å². The first-order chi connectivity index (χ1) is 13.6. The largest absolute Gasteiger partial charge is 0.374 e. The van der Waals surface area contributed by atoms with E-state index >= 15 is 0 Å². The summed E-state index contributed by atoms with van der Waals surface area (Å²) in [7, 11) is 0. The van der Waals surface area contributed by atoms with Gasteiger partial charge in [0.15, 0.2) is 0 Å². The molecule has 5 N–H and O–H groups in total. The quantitative estimate of drug-likeness (QED) is 0.413. The molecule has 1 aromatic heterocycles. The van der Waals surface area contributed by atoms with Gasteiger partial charge in [-0.25, -0.2) is 9.38 Å². The smallest absolute Gasteiger partial charge is 0.254 e. The van der Waals surface area contributed by atoms with E-state index in [2.05, 4.69) is 25.5 Å². The fourth-order valence-electron chi connectivity index (χ4n) is 3.10. The maximum atomic E-state index is 12.9. The Kier molecular flexibility index (Phi) is 6.72. The zero-order valence-corrected chi connectivity index (χ0v) is 15.6. The van der Waals surface area contributed by atoms with Crippen molar-refractivity contribution in [1.82, 2.24) is 20.5 Å². The molecule has 3 rings (SSSR count). The molecule has 1 amide bonds. The Morgan fingerprint density at radius 2 is 2.18 bits per heavy atom. The van der Waals surface area contributed by atoms with Crippen molar-refractivity contribution in [1.29, 1.82) is 0 Å². The van der Waals surface area contributed by atoms with Gasteiger partial charge in [-0.2, -0.15) is 0 Å². The van der Waals surface area contributed by atoms with Gasteiger partial charge < -0.3 is 26.4 Å². The van der Waals surface area contributed by atoms with Gasteiger partial charge in [0.1, 0.15) is 23.7 Å². The minimum Gasteiger partial charge on any atom is -0.374 e. The number of pyridine rings is 1. The number of aliphatic hydroxyl groups is 1. The number of carbonyl (C=O) groups excluding carboxylic acids is 1. The second kappa shape index (κ2) is 9.43. The number of halogens is 1. The van der Waals surface area contributed by atoms with Crippen molar-refractivity contribution in [3.63, 3.8) is 0 Å². The average molecular weight is 388 g/mol. The number of nitrogens with zero attached hydrogens (tertiary/aromatic N) is 3. The van der Waals surface area contributed by atoms with Gasteiger partial charge in [0, 0.05) is 31.5 Å². The normalized spacial score (nSPS) is 19.1. The van der Waals surface area contributed by atoms with Gasteiger partial charge in [0.25, 0.3) is 5.91 Å². The predicted octanol–water partition coefficient (Wildman–Crippen LogP) is 0.369. The van der Waals surface area contributed by atoms with E-state index in [4.69, 9.17) is 5.73 Å². The Hall–Kier alpha value is -2.78. The second-order valence-corrected chi connectivity index (χ2v) is 6.67. The molecule has 1 atom stereocenters. The highest BCUT2D eigenvalue weighted by Gasteiger charge is 2.21. The van der Waals surface area contributed by atoms with Crippen LogP contribution in [0.5, 0.6) is 0 Å². The van der Waals surface area contributed by atoms with Crippen LogP contribution in [0, 0.1) is 5.82 Å². The Bertz CT molecular complexity index is 784. The van der Waals surface area contributed by atoms with Crippen LogP contribution < -0.4 is 16.4 Å². The zero-order valence-electron chi connectivity index (χ0n) is 15.6. The highest BCUT2D eigenvalue weighted by atomic mass is 19.1. The Morgan fingerprint density at radius 3 is 2.86 bits per heavy atom. The van der Waals surface area contributed by atoms with E-state index in [1.54, 1.807) is 12.3 Å². The Balaban J connectivity index is 1.61. The first-order valence-electron chi connectivity index (χ1n) is 9.36. The fraction of sp³-hybridized carbons (Fsp3) is 0.421. The van der Waals surface area contributed by atoms with E-state index in [-0.39, 0.29) is 18.5 Å². The monoisotopic (exact) mass is 388 g/mol. The summed E-state index contributed by atoms with van der Waals surface area (Å²) in [6.45, 7) is 1.86. The lowest BCUT2D eigenvalue weighted by Crippen LogP contribution is -2.39. The number of aryl methyl sites for hydroxylation is 1. The summed E-state index contributed by atoms with van der Waals surface area (Å²) in [5.41, 5.74) is 6.66. The molecule has 0 saturated carbocycles. The molecule has 2 aliphatic heterocycles. The van der Waals surface area contributed by atoms with Gasteiger partial charge in [-0.3, -0.25) is 9.78 Å². The number of aromatic nitrogens is 1. The van der Waals surface area contributed by atoms with Crippen LogP contribution >= 0.6 is 0 Å². The number of amidine groups is 1. The molecule has 9 heteroatoms. The number of likely N-dealkylation sites (tertiary alicyclic amines) is 1. The van der Waals surface area contributed by atoms with Crippen LogP contribution in [-0.4, -0.2) is 52.6 Å². The standard InChI is InChI=1S/C19H25FN6O2/c20-13-3-4-14(23-12-13)5-6-17(27)25-19(28)15(11-21)18-22-8-7-16(24-18)26-9-1-2-10-26/h3-4,7-8,12,17,22,27H,1-2,5-6,9-11,21H2,(H,25,28)/b18-15-. The number of aliphatic hydroxyl groups excluding tert-OH is 1.